The van der Waals surface area contributed by atoms with E-state index in [2.05, 4.69) is 74.6 Å². The van der Waals surface area contributed by atoms with Gasteiger partial charge in [0, 0.05) is 19.3 Å². The van der Waals surface area contributed by atoms with E-state index in [0.717, 1.165) is 96.3 Å². The average molecular weight is 715 g/mol. The summed E-state index contributed by atoms with van der Waals surface area (Å²) in [7, 11) is 5.49. The minimum Gasteiger partial charge on any atom is -0.477 e. The molecule has 290 valence electrons. The van der Waals surface area contributed by atoms with Crippen molar-refractivity contribution in [3.63, 3.8) is 0 Å². The number of carbonyl (C=O) groups excluding carboxylic acids is 2. The lowest BCUT2D eigenvalue weighted by molar-refractivity contribution is -0.887. The lowest BCUT2D eigenvalue weighted by Gasteiger charge is -2.31. The molecule has 0 aliphatic heterocycles. The van der Waals surface area contributed by atoms with E-state index in [1.54, 1.807) is 0 Å². The van der Waals surface area contributed by atoms with Crippen LogP contribution < -0.4 is 0 Å². The van der Waals surface area contributed by atoms with Crippen LogP contribution in [0.25, 0.3) is 0 Å². The van der Waals surface area contributed by atoms with Gasteiger partial charge in [-0.25, -0.2) is 4.79 Å². The smallest absolute Gasteiger partial charge is 0.362 e. The van der Waals surface area contributed by atoms with Crippen LogP contribution in [0.4, 0.5) is 0 Å². The Labute approximate surface area is 311 Å². The molecule has 0 heterocycles. The van der Waals surface area contributed by atoms with E-state index < -0.39 is 18.1 Å². The topological polar surface area (TPSA) is 99.1 Å². The number of esters is 2. The van der Waals surface area contributed by atoms with Gasteiger partial charge in [0.25, 0.3) is 0 Å². The molecule has 2 unspecified atom stereocenters. The Balaban J connectivity index is 4.50. The van der Waals surface area contributed by atoms with Crippen molar-refractivity contribution < 1.29 is 38.2 Å². The normalized spacial score (nSPS) is 13.8. The van der Waals surface area contributed by atoms with Crippen LogP contribution in [0, 0.1) is 0 Å². The molecule has 8 nitrogen and oxygen atoms in total. The SMILES string of the molecule is CC/C=C/C=C/C=C/CCCCCCCC(=O)OC(COCCC(C(=O)O)[N+](C)(C)C)COC(=O)CCCCCC/C=C/C/C=C/C/C=C/CC. The molecule has 0 aromatic rings. The van der Waals surface area contributed by atoms with Gasteiger partial charge in [-0.05, 0) is 64.2 Å². The van der Waals surface area contributed by atoms with E-state index in [1.165, 1.54) is 0 Å². The number of carboxylic acid groups (broad SMARTS) is 1. The summed E-state index contributed by atoms with van der Waals surface area (Å²) < 4.78 is 17.2. The number of aliphatic carboxylic acids is 1. The van der Waals surface area contributed by atoms with Crippen LogP contribution in [-0.2, 0) is 28.6 Å². The van der Waals surface area contributed by atoms with Crippen molar-refractivity contribution in [2.24, 2.45) is 0 Å². The maximum Gasteiger partial charge on any atom is 0.362 e. The molecular weight excluding hydrogens is 642 g/mol. The number of ether oxygens (including phenoxy) is 3. The molecule has 0 rings (SSSR count). The highest BCUT2D eigenvalue weighted by Crippen LogP contribution is 2.12. The third-order valence-corrected chi connectivity index (χ3v) is 8.16. The van der Waals surface area contributed by atoms with Gasteiger partial charge in [0.1, 0.15) is 6.61 Å². The molecule has 51 heavy (non-hydrogen) atoms. The summed E-state index contributed by atoms with van der Waals surface area (Å²) >= 11 is 0. The van der Waals surface area contributed by atoms with Crippen molar-refractivity contribution in [3.05, 3.63) is 72.9 Å². The summed E-state index contributed by atoms with van der Waals surface area (Å²) in [6.07, 6.45) is 40.9. The summed E-state index contributed by atoms with van der Waals surface area (Å²) in [6.45, 7) is 4.41. The molecule has 8 heteroatoms. The summed E-state index contributed by atoms with van der Waals surface area (Å²) in [5.74, 6) is -1.54. The van der Waals surface area contributed by atoms with Gasteiger partial charge in [-0.2, -0.15) is 0 Å². The Bertz CT molecular complexity index is 1060. The number of allylic oxidation sites excluding steroid dienone is 12. The minimum atomic E-state index is -0.887. The van der Waals surface area contributed by atoms with E-state index in [0.29, 0.717) is 19.3 Å². The molecule has 0 spiro atoms. The number of rotatable bonds is 33. The third-order valence-electron chi connectivity index (χ3n) is 8.16. The molecule has 1 N–H and O–H groups in total. The Kier molecular flexibility index (Phi) is 31.7. The molecule has 0 saturated carbocycles. The summed E-state index contributed by atoms with van der Waals surface area (Å²) in [5, 5.41) is 9.59. The summed E-state index contributed by atoms with van der Waals surface area (Å²) in [6, 6.07) is -0.624. The number of carboxylic acids is 1. The van der Waals surface area contributed by atoms with Crippen molar-refractivity contribution in [1.82, 2.24) is 0 Å². The largest absolute Gasteiger partial charge is 0.477 e. The van der Waals surface area contributed by atoms with E-state index >= 15 is 0 Å². The number of hydrogen-bond acceptors (Lipinski definition) is 6. The first kappa shape index (κ1) is 47.8. The van der Waals surface area contributed by atoms with E-state index in [4.69, 9.17) is 14.2 Å². The maximum atomic E-state index is 12.7. The highest BCUT2D eigenvalue weighted by Gasteiger charge is 2.31. The van der Waals surface area contributed by atoms with Gasteiger partial charge in [0.2, 0.25) is 0 Å². The van der Waals surface area contributed by atoms with Crippen molar-refractivity contribution in [1.29, 1.82) is 0 Å². The fourth-order valence-electron chi connectivity index (χ4n) is 5.16. The van der Waals surface area contributed by atoms with Gasteiger partial charge in [-0.3, -0.25) is 9.59 Å². The summed E-state index contributed by atoms with van der Waals surface area (Å²) in [5.41, 5.74) is 0. The molecule has 0 bridgehead atoms. The van der Waals surface area contributed by atoms with Crippen molar-refractivity contribution in [2.45, 2.75) is 142 Å². The monoisotopic (exact) mass is 715 g/mol. The maximum absolute atomic E-state index is 12.7. The van der Waals surface area contributed by atoms with Crippen LogP contribution in [0.1, 0.15) is 129 Å². The Morgan fingerprint density at radius 3 is 1.75 bits per heavy atom. The fourth-order valence-corrected chi connectivity index (χ4v) is 5.16. The van der Waals surface area contributed by atoms with E-state index in [9.17, 15) is 19.5 Å². The average Bonchev–Trinajstić information content (AvgIpc) is 3.08. The second kappa shape index (κ2) is 33.9. The Morgan fingerprint density at radius 2 is 1.14 bits per heavy atom. The molecular formula is C43H72NO7+. The molecule has 0 aromatic carbocycles. The minimum absolute atomic E-state index is 0.0410. The zero-order chi connectivity index (χ0) is 37.8. The third kappa shape index (κ3) is 32.4. The molecule has 0 saturated heterocycles. The molecule has 0 fully saturated rings. The molecule has 0 aromatic heterocycles. The van der Waals surface area contributed by atoms with Crippen LogP contribution in [0.5, 0.6) is 0 Å². The van der Waals surface area contributed by atoms with Gasteiger partial charge < -0.3 is 23.8 Å². The molecule has 0 aliphatic rings. The molecule has 0 amide bonds. The van der Waals surface area contributed by atoms with Gasteiger partial charge in [-0.1, -0.05) is 119 Å². The predicted molar refractivity (Wildman–Crippen MR) is 210 cm³/mol. The lowest BCUT2D eigenvalue weighted by atomic mass is 10.1. The van der Waals surface area contributed by atoms with Crippen LogP contribution in [0.15, 0.2) is 72.9 Å². The van der Waals surface area contributed by atoms with Crippen molar-refractivity contribution in [3.8, 4) is 0 Å². The predicted octanol–water partition coefficient (Wildman–Crippen LogP) is 10.0. The highest BCUT2D eigenvalue weighted by atomic mass is 16.6. The number of nitrogens with zero attached hydrogens (tertiary/aromatic N) is 1. The first-order valence-corrected chi connectivity index (χ1v) is 19.5. The van der Waals surface area contributed by atoms with Crippen LogP contribution in [0.3, 0.4) is 0 Å². The Morgan fingerprint density at radius 1 is 0.608 bits per heavy atom. The molecule has 0 radical (unpaired) electrons. The van der Waals surface area contributed by atoms with E-state index in [-0.39, 0.29) is 36.2 Å². The van der Waals surface area contributed by atoms with Crippen LogP contribution >= 0.6 is 0 Å². The quantitative estimate of drug-likeness (QED) is 0.0238. The fraction of sp³-hybridized carbons (Fsp3) is 0.651. The van der Waals surface area contributed by atoms with Crippen molar-refractivity contribution in [2.75, 3.05) is 41.0 Å². The molecule has 2 atom stereocenters. The Hall–Kier alpha value is -3.23. The number of carbonyl (C=O) groups is 3. The zero-order valence-electron chi connectivity index (χ0n) is 32.8. The second-order valence-corrected chi connectivity index (χ2v) is 13.8. The van der Waals surface area contributed by atoms with Gasteiger partial charge in [0.15, 0.2) is 12.1 Å². The summed E-state index contributed by atoms with van der Waals surface area (Å²) in [4.78, 5) is 36.8. The van der Waals surface area contributed by atoms with E-state index in [1.807, 2.05) is 33.3 Å². The highest BCUT2D eigenvalue weighted by molar-refractivity contribution is 5.72. The molecule has 0 aliphatic carbocycles. The first-order valence-electron chi connectivity index (χ1n) is 19.5. The van der Waals surface area contributed by atoms with Gasteiger partial charge in [0.05, 0.1) is 34.4 Å². The lowest BCUT2D eigenvalue weighted by Crippen LogP contribution is -2.50. The number of unbranched alkanes of at least 4 members (excludes halogenated alkanes) is 9. The number of likely N-dealkylation sites (N-methyl/N-ethyl adjacent to an activating group) is 1. The van der Waals surface area contributed by atoms with Gasteiger partial charge >= 0.3 is 17.9 Å². The standard InChI is InChI=1S/C43H71NO7/c1-6-8-10-12-14-16-18-20-22-23-25-27-29-31-33-41(45)50-38-39(37-49-36-35-40(43(47)48)44(3,4)5)51-42(46)34-32-30-28-26-24-21-19-17-15-13-11-9-7-2/h8-11,13-17,19-20,22,39-40H,6-7,12,18,21,23-38H2,1-5H3/p+1/b10-8+,11-9+,15-13+,16-14+,19-17+,22-20+. The first-order chi connectivity index (χ1) is 24.6. The second-order valence-electron chi connectivity index (χ2n) is 13.8. The van der Waals surface area contributed by atoms with Crippen LogP contribution in [-0.4, -0.2) is 80.6 Å². The number of hydrogen-bond donors (Lipinski definition) is 1. The van der Waals surface area contributed by atoms with Crippen LogP contribution in [0.2, 0.25) is 0 Å². The number of quaternary nitrogens is 1. The van der Waals surface area contributed by atoms with Crippen molar-refractivity contribution >= 4 is 17.9 Å². The van der Waals surface area contributed by atoms with Gasteiger partial charge in [-0.15, -0.1) is 0 Å². The zero-order valence-corrected chi connectivity index (χ0v) is 32.8.